The van der Waals surface area contributed by atoms with Gasteiger partial charge in [0.05, 0.1) is 13.2 Å². The summed E-state index contributed by atoms with van der Waals surface area (Å²) in [5, 5.41) is 4.39. The Morgan fingerprint density at radius 1 is 1.04 bits per heavy atom. The second-order valence-electron chi connectivity index (χ2n) is 7.08. The number of likely N-dealkylation sites (tertiary alicyclic amines) is 1. The predicted molar refractivity (Wildman–Crippen MR) is 114 cm³/mol. The zero-order valence-electron chi connectivity index (χ0n) is 15.9. The Hall–Kier alpha value is -1.59. The SMILES string of the molecule is O=C(NCCOCc1ccccc1)C1CCN(Cc2c(Cl)cccc2Cl)CC1. The maximum atomic E-state index is 12.4. The minimum Gasteiger partial charge on any atom is -0.375 e. The number of carbonyl (C=O) groups is 1. The number of benzene rings is 2. The van der Waals surface area contributed by atoms with E-state index in [-0.39, 0.29) is 11.8 Å². The van der Waals surface area contributed by atoms with Crippen molar-refractivity contribution >= 4 is 29.1 Å². The molecule has 4 nitrogen and oxygen atoms in total. The summed E-state index contributed by atoms with van der Waals surface area (Å²) in [5.41, 5.74) is 2.10. The Labute approximate surface area is 176 Å². The minimum atomic E-state index is 0.0621. The van der Waals surface area contributed by atoms with Crippen LogP contribution in [0.2, 0.25) is 10.0 Å². The molecule has 0 bridgehead atoms. The Kier molecular flexibility index (Phi) is 8.16. The molecule has 1 heterocycles. The summed E-state index contributed by atoms with van der Waals surface area (Å²) < 4.78 is 5.62. The fourth-order valence-electron chi connectivity index (χ4n) is 3.42. The number of hydrogen-bond acceptors (Lipinski definition) is 3. The largest absolute Gasteiger partial charge is 0.375 e. The van der Waals surface area contributed by atoms with E-state index >= 15 is 0 Å². The molecule has 0 saturated carbocycles. The molecule has 1 fully saturated rings. The second-order valence-corrected chi connectivity index (χ2v) is 7.89. The van der Waals surface area contributed by atoms with Crippen molar-refractivity contribution < 1.29 is 9.53 Å². The fourth-order valence-corrected chi connectivity index (χ4v) is 3.93. The van der Waals surface area contributed by atoms with Crippen LogP contribution in [-0.2, 0) is 22.7 Å². The highest BCUT2D eigenvalue weighted by Gasteiger charge is 2.25. The summed E-state index contributed by atoms with van der Waals surface area (Å²) >= 11 is 12.5. The number of rotatable bonds is 8. The molecule has 150 valence electrons. The first-order valence-electron chi connectivity index (χ1n) is 9.68. The van der Waals surface area contributed by atoms with Crippen molar-refractivity contribution in [2.45, 2.75) is 26.0 Å². The number of ether oxygens (including phenoxy) is 1. The molecule has 6 heteroatoms. The van der Waals surface area contributed by atoms with Crippen LogP contribution in [0.5, 0.6) is 0 Å². The lowest BCUT2D eigenvalue weighted by atomic mass is 9.95. The van der Waals surface area contributed by atoms with E-state index in [9.17, 15) is 4.79 Å². The summed E-state index contributed by atoms with van der Waals surface area (Å²) in [6.45, 7) is 4.08. The smallest absolute Gasteiger partial charge is 0.223 e. The van der Waals surface area contributed by atoms with E-state index in [1.807, 2.05) is 48.5 Å². The van der Waals surface area contributed by atoms with Gasteiger partial charge in [-0.2, -0.15) is 0 Å². The lowest BCUT2D eigenvalue weighted by molar-refractivity contribution is -0.126. The van der Waals surface area contributed by atoms with E-state index in [1.165, 1.54) is 0 Å². The van der Waals surface area contributed by atoms with Gasteiger partial charge in [0.25, 0.3) is 0 Å². The number of amides is 1. The van der Waals surface area contributed by atoms with Gasteiger partial charge in [-0.3, -0.25) is 9.69 Å². The molecule has 0 radical (unpaired) electrons. The summed E-state index contributed by atoms with van der Waals surface area (Å²) in [6, 6.07) is 15.6. The quantitative estimate of drug-likeness (QED) is 0.637. The first-order valence-corrected chi connectivity index (χ1v) is 10.4. The normalized spacial score (nSPS) is 15.5. The van der Waals surface area contributed by atoms with E-state index in [4.69, 9.17) is 27.9 Å². The third-order valence-electron chi connectivity index (χ3n) is 5.06. The fraction of sp³-hybridized carbons (Fsp3) is 0.409. The Morgan fingerprint density at radius 2 is 1.71 bits per heavy atom. The third kappa shape index (κ3) is 6.21. The van der Waals surface area contributed by atoms with Gasteiger partial charge < -0.3 is 10.1 Å². The van der Waals surface area contributed by atoms with E-state index in [0.717, 1.165) is 43.6 Å². The molecule has 1 saturated heterocycles. The van der Waals surface area contributed by atoms with Gasteiger partial charge in [0.2, 0.25) is 5.91 Å². The molecule has 0 spiro atoms. The molecule has 0 aromatic heterocycles. The summed E-state index contributed by atoms with van der Waals surface area (Å²) in [7, 11) is 0. The topological polar surface area (TPSA) is 41.6 Å². The van der Waals surface area contributed by atoms with Crippen molar-refractivity contribution in [2.24, 2.45) is 5.92 Å². The zero-order valence-corrected chi connectivity index (χ0v) is 17.4. The second kappa shape index (κ2) is 10.8. The van der Waals surface area contributed by atoms with E-state index < -0.39 is 0 Å². The maximum Gasteiger partial charge on any atom is 0.223 e. The van der Waals surface area contributed by atoms with Crippen LogP contribution in [0.15, 0.2) is 48.5 Å². The molecule has 3 rings (SSSR count). The van der Waals surface area contributed by atoms with Gasteiger partial charge in [-0.05, 0) is 43.6 Å². The number of piperidine rings is 1. The average molecular weight is 421 g/mol. The molecule has 1 amide bonds. The molecule has 0 aliphatic carbocycles. The van der Waals surface area contributed by atoms with E-state index in [2.05, 4.69) is 10.2 Å². The van der Waals surface area contributed by atoms with Gasteiger partial charge >= 0.3 is 0 Å². The average Bonchev–Trinajstić information content (AvgIpc) is 2.72. The van der Waals surface area contributed by atoms with Gasteiger partial charge in [-0.1, -0.05) is 59.6 Å². The molecule has 28 heavy (non-hydrogen) atoms. The first-order chi connectivity index (χ1) is 13.6. The Balaban J connectivity index is 1.33. The summed E-state index contributed by atoms with van der Waals surface area (Å²) in [4.78, 5) is 14.7. The number of halogens is 2. The van der Waals surface area contributed by atoms with Gasteiger partial charge in [0.15, 0.2) is 0 Å². The molecule has 1 N–H and O–H groups in total. The highest BCUT2D eigenvalue weighted by molar-refractivity contribution is 6.35. The van der Waals surface area contributed by atoms with Crippen LogP contribution in [0.3, 0.4) is 0 Å². The van der Waals surface area contributed by atoms with Gasteiger partial charge in [0, 0.05) is 34.6 Å². The van der Waals surface area contributed by atoms with Crippen molar-refractivity contribution in [1.29, 1.82) is 0 Å². The highest BCUT2D eigenvalue weighted by Crippen LogP contribution is 2.27. The molecular weight excluding hydrogens is 395 g/mol. The highest BCUT2D eigenvalue weighted by atomic mass is 35.5. The summed E-state index contributed by atoms with van der Waals surface area (Å²) in [5.74, 6) is 0.186. The monoisotopic (exact) mass is 420 g/mol. The molecule has 2 aromatic carbocycles. The molecular formula is C22H26Cl2N2O2. The number of hydrogen-bond donors (Lipinski definition) is 1. The van der Waals surface area contributed by atoms with Crippen molar-refractivity contribution in [3.63, 3.8) is 0 Å². The molecule has 0 unspecified atom stereocenters. The molecule has 1 aliphatic rings. The van der Waals surface area contributed by atoms with Crippen LogP contribution < -0.4 is 5.32 Å². The van der Waals surface area contributed by atoms with Crippen LogP contribution in [-0.4, -0.2) is 37.0 Å². The zero-order chi connectivity index (χ0) is 19.8. The lowest BCUT2D eigenvalue weighted by Gasteiger charge is -2.31. The summed E-state index contributed by atoms with van der Waals surface area (Å²) in [6.07, 6.45) is 1.69. The molecule has 2 aromatic rings. The number of carbonyl (C=O) groups excluding carboxylic acids is 1. The van der Waals surface area contributed by atoms with Crippen molar-refractivity contribution in [3.8, 4) is 0 Å². The van der Waals surface area contributed by atoms with Gasteiger partial charge in [-0.15, -0.1) is 0 Å². The Morgan fingerprint density at radius 3 is 2.39 bits per heavy atom. The van der Waals surface area contributed by atoms with Crippen LogP contribution in [0.1, 0.15) is 24.0 Å². The van der Waals surface area contributed by atoms with Crippen LogP contribution in [0, 0.1) is 5.92 Å². The van der Waals surface area contributed by atoms with Crippen molar-refractivity contribution in [3.05, 3.63) is 69.7 Å². The van der Waals surface area contributed by atoms with Gasteiger partial charge in [-0.25, -0.2) is 0 Å². The third-order valence-corrected chi connectivity index (χ3v) is 5.77. The standard InChI is InChI=1S/C22H26Cl2N2O2/c23-20-7-4-8-21(24)19(20)15-26-12-9-18(10-13-26)22(27)25-11-14-28-16-17-5-2-1-3-6-17/h1-8,18H,9-16H2,(H,25,27). The maximum absolute atomic E-state index is 12.4. The lowest BCUT2D eigenvalue weighted by Crippen LogP contribution is -2.41. The van der Waals surface area contributed by atoms with Gasteiger partial charge in [0.1, 0.15) is 0 Å². The Bertz CT molecular complexity index is 742. The minimum absolute atomic E-state index is 0.0621. The van der Waals surface area contributed by atoms with Crippen LogP contribution in [0.4, 0.5) is 0 Å². The van der Waals surface area contributed by atoms with E-state index in [0.29, 0.717) is 29.8 Å². The van der Waals surface area contributed by atoms with E-state index in [1.54, 1.807) is 0 Å². The predicted octanol–water partition coefficient (Wildman–Crippen LogP) is 4.54. The number of nitrogens with zero attached hydrogens (tertiary/aromatic N) is 1. The molecule has 1 aliphatic heterocycles. The number of nitrogens with one attached hydrogen (secondary N) is 1. The first kappa shape index (κ1) is 21.1. The molecule has 0 atom stereocenters. The van der Waals surface area contributed by atoms with Crippen molar-refractivity contribution in [2.75, 3.05) is 26.2 Å². The van der Waals surface area contributed by atoms with Crippen molar-refractivity contribution in [1.82, 2.24) is 10.2 Å². The van der Waals surface area contributed by atoms with Crippen LogP contribution >= 0.6 is 23.2 Å². The van der Waals surface area contributed by atoms with Crippen LogP contribution in [0.25, 0.3) is 0 Å².